The molecule has 0 aromatic carbocycles. The topological polar surface area (TPSA) is 12.0 Å². The quantitative estimate of drug-likeness (QED) is 0.660. The van der Waals surface area contributed by atoms with Crippen molar-refractivity contribution in [3.8, 4) is 0 Å². The number of hydrogen-bond donors (Lipinski definition) is 1. The maximum atomic E-state index is 3.51. The van der Waals surface area contributed by atoms with Crippen LogP contribution in [0.25, 0.3) is 0 Å². The fourth-order valence-electron chi connectivity index (χ4n) is 2.25. The first-order chi connectivity index (χ1) is 5.33. The van der Waals surface area contributed by atoms with Gasteiger partial charge in [0.05, 0.1) is 0 Å². The van der Waals surface area contributed by atoms with Gasteiger partial charge >= 0.3 is 0 Å². The van der Waals surface area contributed by atoms with Crippen molar-refractivity contribution in [3.05, 3.63) is 0 Å². The molecule has 66 valence electrons. The Kier molecular flexibility index (Phi) is 3.38. The summed E-state index contributed by atoms with van der Waals surface area (Å²) in [7, 11) is 0. The first kappa shape index (κ1) is 9.05. The van der Waals surface area contributed by atoms with E-state index in [9.17, 15) is 0 Å². The van der Waals surface area contributed by atoms with Crippen LogP contribution in [0.3, 0.4) is 0 Å². The molecule has 0 spiro atoms. The molecule has 0 aromatic heterocycles. The number of hydrogen-bond acceptors (Lipinski definition) is 1. The van der Waals surface area contributed by atoms with Crippen LogP contribution >= 0.6 is 0 Å². The lowest BCUT2D eigenvalue weighted by Crippen LogP contribution is -2.39. The van der Waals surface area contributed by atoms with Crippen molar-refractivity contribution >= 4 is 0 Å². The minimum Gasteiger partial charge on any atom is -0.316 e. The lowest BCUT2D eigenvalue weighted by Gasteiger charge is -2.36. The van der Waals surface area contributed by atoms with E-state index in [1.165, 1.54) is 45.2 Å². The van der Waals surface area contributed by atoms with Gasteiger partial charge in [0.1, 0.15) is 0 Å². The first-order valence-corrected chi connectivity index (χ1v) is 5.04. The molecule has 1 N–H and O–H groups in total. The van der Waals surface area contributed by atoms with Crippen molar-refractivity contribution in [1.29, 1.82) is 0 Å². The third-order valence-corrected chi connectivity index (χ3v) is 3.09. The van der Waals surface area contributed by atoms with E-state index in [1.807, 2.05) is 0 Å². The van der Waals surface area contributed by atoms with Crippen molar-refractivity contribution < 1.29 is 0 Å². The summed E-state index contributed by atoms with van der Waals surface area (Å²) in [6.45, 7) is 7.14. The first-order valence-electron chi connectivity index (χ1n) is 5.04. The predicted molar refractivity (Wildman–Crippen MR) is 49.7 cm³/mol. The molecule has 1 saturated heterocycles. The minimum absolute atomic E-state index is 0.660. The second-order valence-corrected chi connectivity index (χ2v) is 3.88. The van der Waals surface area contributed by atoms with Crippen LogP contribution in [0.4, 0.5) is 0 Å². The van der Waals surface area contributed by atoms with Crippen molar-refractivity contribution in [1.82, 2.24) is 5.32 Å². The average Bonchev–Trinajstić information content (AvgIpc) is 2.07. The van der Waals surface area contributed by atoms with Crippen molar-refractivity contribution in [2.24, 2.45) is 5.41 Å². The van der Waals surface area contributed by atoms with Gasteiger partial charge in [-0.2, -0.15) is 0 Å². The number of rotatable bonds is 3. The molecule has 1 heterocycles. The summed E-state index contributed by atoms with van der Waals surface area (Å²) in [5.41, 5.74) is 0.660. The summed E-state index contributed by atoms with van der Waals surface area (Å²) >= 11 is 0. The standard InChI is InChI=1S/C10H21N/c1-3-6-10(4-2)7-5-8-11-9-10/h11H,3-9H2,1-2H3. The summed E-state index contributed by atoms with van der Waals surface area (Å²) in [4.78, 5) is 0. The molecule has 0 amide bonds. The Morgan fingerprint density at radius 3 is 2.64 bits per heavy atom. The molecule has 1 atom stereocenters. The van der Waals surface area contributed by atoms with Gasteiger partial charge in [-0.05, 0) is 37.6 Å². The fraction of sp³-hybridized carbons (Fsp3) is 1.00. The Morgan fingerprint density at radius 2 is 2.18 bits per heavy atom. The summed E-state index contributed by atoms with van der Waals surface area (Å²) < 4.78 is 0. The maximum Gasteiger partial charge on any atom is 0.000771 e. The van der Waals surface area contributed by atoms with Crippen molar-refractivity contribution in [2.45, 2.75) is 46.0 Å². The monoisotopic (exact) mass is 155 g/mol. The molecule has 1 aliphatic heterocycles. The van der Waals surface area contributed by atoms with Gasteiger partial charge in [-0.3, -0.25) is 0 Å². The van der Waals surface area contributed by atoms with Crippen LogP contribution < -0.4 is 5.32 Å². The molecule has 1 fully saturated rings. The van der Waals surface area contributed by atoms with Crippen LogP contribution in [-0.4, -0.2) is 13.1 Å². The second-order valence-electron chi connectivity index (χ2n) is 3.88. The van der Waals surface area contributed by atoms with Gasteiger partial charge in [0, 0.05) is 6.54 Å². The highest BCUT2D eigenvalue weighted by Crippen LogP contribution is 2.34. The summed E-state index contributed by atoms with van der Waals surface area (Å²) in [6, 6.07) is 0. The maximum absolute atomic E-state index is 3.51. The minimum atomic E-state index is 0.660. The lowest BCUT2D eigenvalue weighted by molar-refractivity contribution is 0.182. The van der Waals surface area contributed by atoms with Crippen molar-refractivity contribution in [2.75, 3.05) is 13.1 Å². The van der Waals surface area contributed by atoms with E-state index in [0.717, 1.165) is 0 Å². The molecule has 0 radical (unpaired) electrons. The molecular formula is C10H21N. The highest BCUT2D eigenvalue weighted by atomic mass is 14.9. The van der Waals surface area contributed by atoms with E-state index in [0.29, 0.717) is 5.41 Å². The Labute approximate surface area is 70.6 Å². The number of piperidine rings is 1. The van der Waals surface area contributed by atoms with Gasteiger partial charge in [-0.15, -0.1) is 0 Å². The molecule has 1 aliphatic rings. The van der Waals surface area contributed by atoms with Gasteiger partial charge < -0.3 is 5.32 Å². The Hall–Kier alpha value is -0.0400. The highest BCUT2D eigenvalue weighted by molar-refractivity contribution is 4.83. The second kappa shape index (κ2) is 4.10. The van der Waals surface area contributed by atoms with E-state index in [2.05, 4.69) is 19.2 Å². The SMILES string of the molecule is CCCC1(CC)CCCNC1. The molecule has 0 aromatic rings. The third-order valence-electron chi connectivity index (χ3n) is 3.09. The predicted octanol–water partition coefficient (Wildman–Crippen LogP) is 2.57. The lowest BCUT2D eigenvalue weighted by atomic mass is 9.75. The number of nitrogens with one attached hydrogen (secondary N) is 1. The van der Waals surface area contributed by atoms with Gasteiger partial charge in [0.2, 0.25) is 0 Å². The summed E-state index contributed by atoms with van der Waals surface area (Å²) in [6.07, 6.45) is 6.94. The molecule has 0 bridgehead atoms. The fourth-order valence-corrected chi connectivity index (χ4v) is 2.25. The summed E-state index contributed by atoms with van der Waals surface area (Å²) in [5, 5.41) is 3.51. The van der Waals surface area contributed by atoms with Crippen LogP contribution in [-0.2, 0) is 0 Å². The van der Waals surface area contributed by atoms with Crippen LogP contribution in [0.5, 0.6) is 0 Å². The van der Waals surface area contributed by atoms with E-state index < -0.39 is 0 Å². The molecule has 1 rings (SSSR count). The smallest absolute Gasteiger partial charge is 0.000771 e. The Balaban J connectivity index is 2.42. The molecule has 0 saturated carbocycles. The van der Waals surface area contributed by atoms with Crippen LogP contribution in [0.1, 0.15) is 46.0 Å². The van der Waals surface area contributed by atoms with E-state index in [1.54, 1.807) is 0 Å². The van der Waals surface area contributed by atoms with Crippen LogP contribution in [0, 0.1) is 5.41 Å². The zero-order valence-corrected chi connectivity index (χ0v) is 7.95. The van der Waals surface area contributed by atoms with Gasteiger partial charge in [0.25, 0.3) is 0 Å². The Morgan fingerprint density at radius 1 is 1.36 bits per heavy atom. The van der Waals surface area contributed by atoms with Gasteiger partial charge in [-0.25, -0.2) is 0 Å². The van der Waals surface area contributed by atoms with E-state index >= 15 is 0 Å². The third kappa shape index (κ3) is 2.19. The van der Waals surface area contributed by atoms with Gasteiger partial charge in [-0.1, -0.05) is 20.3 Å². The van der Waals surface area contributed by atoms with Gasteiger partial charge in [0.15, 0.2) is 0 Å². The summed E-state index contributed by atoms with van der Waals surface area (Å²) in [5.74, 6) is 0. The van der Waals surface area contributed by atoms with E-state index in [4.69, 9.17) is 0 Å². The van der Waals surface area contributed by atoms with Crippen molar-refractivity contribution in [3.63, 3.8) is 0 Å². The van der Waals surface area contributed by atoms with Crippen LogP contribution in [0.15, 0.2) is 0 Å². The molecule has 1 unspecified atom stereocenters. The van der Waals surface area contributed by atoms with Crippen LogP contribution in [0.2, 0.25) is 0 Å². The van der Waals surface area contributed by atoms with E-state index in [-0.39, 0.29) is 0 Å². The highest BCUT2D eigenvalue weighted by Gasteiger charge is 2.28. The molecular weight excluding hydrogens is 134 g/mol. The largest absolute Gasteiger partial charge is 0.316 e. The molecule has 0 aliphatic carbocycles. The molecule has 11 heavy (non-hydrogen) atoms. The normalized spacial score (nSPS) is 32.2. The molecule has 1 heteroatoms. The zero-order valence-electron chi connectivity index (χ0n) is 7.95. The average molecular weight is 155 g/mol. The molecule has 1 nitrogen and oxygen atoms in total. The Bertz CT molecular complexity index is 97.9. The zero-order chi connectivity index (χ0) is 8.16.